The average Bonchev–Trinajstić information content (AvgIpc) is 3.16. The number of halogens is 1. The van der Waals surface area contributed by atoms with Gasteiger partial charge in [-0.1, -0.05) is 53.7 Å². The highest BCUT2D eigenvalue weighted by molar-refractivity contribution is 7.99. The molecule has 1 aliphatic rings. The summed E-state index contributed by atoms with van der Waals surface area (Å²) in [5.74, 6) is 1.96. The van der Waals surface area contributed by atoms with Gasteiger partial charge in [0.1, 0.15) is 6.61 Å². The first-order valence-corrected chi connectivity index (χ1v) is 10.6. The van der Waals surface area contributed by atoms with E-state index in [-0.39, 0.29) is 11.7 Å². The van der Waals surface area contributed by atoms with Gasteiger partial charge < -0.3 is 14.8 Å². The van der Waals surface area contributed by atoms with Crippen molar-refractivity contribution < 1.29 is 14.3 Å². The van der Waals surface area contributed by atoms with Crippen molar-refractivity contribution in [2.45, 2.75) is 17.8 Å². The van der Waals surface area contributed by atoms with Crippen LogP contribution in [0.2, 0.25) is 5.02 Å². The minimum absolute atomic E-state index is 0.158. The van der Waals surface area contributed by atoms with Gasteiger partial charge in [-0.05, 0) is 24.3 Å². The van der Waals surface area contributed by atoms with Crippen molar-refractivity contribution in [2.24, 2.45) is 0 Å². The van der Waals surface area contributed by atoms with Gasteiger partial charge in [0.15, 0.2) is 28.6 Å². The van der Waals surface area contributed by atoms with Crippen molar-refractivity contribution in [3.63, 3.8) is 0 Å². The molecule has 3 aromatic rings. The highest BCUT2D eigenvalue weighted by Gasteiger charge is 2.28. The van der Waals surface area contributed by atoms with E-state index in [1.807, 2.05) is 41.0 Å². The summed E-state index contributed by atoms with van der Waals surface area (Å²) >= 11 is 7.37. The fourth-order valence-electron chi connectivity index (χ4n) is 2.97. The van der Waals surface area contributed by atoms with Gasteiger partial charge in [0.2, 0.25) is 5.91 Å². The lowest BCUT2D eigenvalue weighted by atomic mass is 10.2. The van der Waals surface area contributed by atoms with Crippen LogP contribution < -0.4 is 14.8 Å². The molecule has 0 aliphatic carbocycles. The van der Waals surface area contributed by atoms with Crippen molar-refractivity contribution >= 4 is 35.0 Å². The number of amides is 1. The van der Waals surface area contributed by atoms with Crippen LogP contribution in [0.25, 0.3) is 0 Å². The van der Waals surface area contributed by atoms with Crippen LogP contribution in [0.1, 0.15) is 11.9 Å². The molecule has 1 unspecified atom stereocenters. The molecule has 0 fully saturated rings. The number of anilines is 1. The molecule has 1 amide bonds. The lowest BCUT2D eigenvalue weighted by Gasteiger charge is -2.26. The van der Waals surface area contributed by atoms with Crippen LogP contribution in [0.15, 0.2) is 66.3 Å². The molecule has 0 radical (unpaired) electrons. The number of nitrogens with one attached hydrogen (secondary N) is 1. The maximum atomic E-state index is 12.3. The van der Waals surface area contributed by atoms with Gasteiger partial charge in [-0.2, -0.15) is 0 Å². The van der Waals surface area contributed by atoms with E-state index in [1.165, 1.54) is 11.8 Å². The molecule has 0 saturated heterocycles. The molecular formula is C21H19ClN4O3S. The van der Waals surface area contributed by atoms with E-state index in [9.17, 15) is 4.79 Å². The first-order valence-electron chi connectivity index (χ1n) is 9.25. The molecule has 0 bridgehead atoms. The number of para-hydroxylation sites is 3. The van der Waals surface area contributed by atoms with Crippen molar-refractivity contribution in [2.75, 3.05) is 17.7 Å². The van der Waals surface area contributed by atoms with Gasteiger partial charge in [0, 0.05) is 6.54 Å². The van der Waals surface area contributed by atoms with E-state index < -0.39 is 6.10 Å². The lowest BCUT2D eigenvalue weighted by Crippen LogP contribution is -2.25. The summed E-state index contributed by atoms with van der Waals surface area (Å²) in [5.41, 5.74) is 0.574. The van der Waals surface area contributed by atoms with Gasteiger partial charge in [-0.3, -0.25) is 9.36 Å². The molecule has 1 aliphatic heterocycles. The van der Waals surface area contributed by atoms with E-state index in [2.05, 4.69) is 22.1 Å². The SMILES string of the molecule is C=CCn1c(SCC(=O)Nc2ccccc2Cl)nnc1C1COc2ccccc2O1. The molecule has 9 heteroatoms. The fraction of sp³-hybridized carbons (Fsp3) is 0.190. The van der Waals surface area contributed by atoms with Crippen LogP contribution in [-0.4, -0.2) is 33.0 Å². The summed E-state index contributed by atoms with van der Waals surface area (Å²) in [6.07, 6.45) is 1.34. The quantitative estimate of drug-likeness (QED) is 0.432. The zero-order chi connectivity index (χ0) is 20.9. The molecule has 2 aromatic carbocycles. The number of aromatic nitrogens is 3. The third-order valence-corrected chi connectivity index (χ3v) is 5.63. The number of hydrogen-bond donors (Lipinski definition) is 1. The van der Waals surface area contributed by atoms with Crippen molar-refractivity contribution in [3.05, 3.63) is 72.0 Å². The standard InChI is InChI=1S/C21H19ClN4O3S/c1-2-11-26-20(18-12-28-16-9-5-6-10-17(16)29-18)24-25-21(26)30-13-19(27)23-15-8-4-3-7-14(15)22/h2-10,18H,1,11-13H2,(H,23,27). The van der Waals surface area contributed by atoms with Crippen LogP contribution in [0.5, 0.6) is 11.5 Å². The molecule has 30 heavy (non-hydrogen) atoms. The minimum Gasteiger partial charge on any atom is -0.485 e. The third kappa shape index (κ3) is 4.44. The largest absolute Gasteiger partial charge is 0.485 e. The Balaban J connectivity index is 1.46. The second-order valence-corrected chi connectivity index (χ2v) is 7.77. The summed E-state index contributed by atoms with van der Waals surface area (Å²) < 4.78 is 13.7. The van der Waals surface area contributed by atoms with E-state index in [0.717, 1.165) is 0 Å². The molecule has 0 saturated carbocycles. The zero-order valence-electron chi connectivity index (χ0n) is 16.0. The number of thioether (sulfide) groups is 1. The monoisotopic (exact) mass is 442 g/mol. The third-order valence-electron chi connectivity index (χ3n) is 4.33. The Bertz CT molecular complexity index is 1070. The Morgan fingerprint density at radius 3 is 2.80 bits per heavy atom. The van der Waals surface area contributed by atoms with E-state index in [0.29, 0.717) is 46.3 Å². The number of fused-ring (bicyclic) bond motifs is 1. The highest BCUT2D eigenvalue weighted by Crippen LogP contribution is 2.36. The number of ether oxygens (including phenoxy) is 2. The van der Waals surface area contributed by atoms with Gasteiger partial charge in [0.25, 0.3) is 0 Å². The average molecular weight is 443 g/mol. The molecule has 154 valence electrons. The predicted molar refractivity (Wildman–Crippen MR) is 116 cm³/mol. The summed E-state index contributed by atoms with van der Waals surface area (Å²) in [7, 11) is 0. The van der Waals surface area contributed by atoms with E-state index >= 15 is 0 Å². The number of rotatable bonds is 7. The lowest BCUT2D eigenvalue weighted by molar-refractivity contribution is -0.113. The van der Waals surface area contributed by atoms with Crippen LogP contribution >= 0.6 is 23.4 Å². The number of benzene rings is 2. The second-order valence-electron chi connectivity index (χ2n) is 6.42. The van der Waals surface area contributed by atoms with E-state index in [1.54, 1.807) is 18.2 Å². The van der Waals surface area contributed by atoms with Gasteiger partial charge in [0.05, 0.1) is 16.5 Å². The topological polar surface area (TPSA) is 78.3 Å². The Labute approximate surface area is 183 Å². The number of allylic oxidation sites excluding steroid dienone is 1. The second kappa shape index (κ2) is 9.23. The minimum atomic E-state index is -0.404. The molecule has 0 spiro atoms. The summed E-state index contributed by atoms with van der Waals surface area (Å²) in [5, 5.41) is 12.4. The zero-order valence-corrected chi connectivity index (χ0v) is 17.5. The van der Waals surface area contributed by atoms with E-state index in [4.69, 9.17) is 21.1 Å². The number of carbonyl (C=O) groups is 1. The number of nitrogens with zero attached hydrogens (tertiary/aromatic N) is 3. The summed E-state index contributed by atoms with van der Waals surface area (Å²) in [4.78, 5) is 12.3. The van der Waals surface area contributed by atoms with Crippen LogP contribution in [0.3, 0.4) is 0 Å². The van der Waals surface area contributed by atoms with Crippen LogP contribution in [0, 0.1) is 0 Å². The van der Waals surface area contributed by atoms with Gasteiger partial charge in [-0.25, -0.2) is 0 Å². The maximum Gasteiger partial charge on any atom is 0.234 e. The first-order chi connectivity index (χ1) is 14.7. The van der Waals surface area contributed by atoms with Crippen molar-refractivity contribution in [1.29, 1.82) is 0 Å². The van der Waals surface area contributed by atoms with Crippen molar-refractivity contribution in [3.8, 4) is 11.5 Å². The summed E-state index contributed by atoms with van der Waals surface area (Å²) in [6.45, 7) is 4.62. The fourth-order valence-corrected chi connectivity index (χ4v) is 3.91. The highest BCUT2D eigenvalue weighted by atomic mass is 35.5. The molecule has 2 heterocycles. The Morgan fingerprint density at radius 1 is 1.23 bits per heavy atom. The number of hydrogen-bond acceptors (Lipinski definition) is 6. The normalized spacial score (nSPS) is 14.9. The van der Waals surface area contributed by atoms with Gasteiger partial charge in [-0.15, -0.1) is 16.8 Å². The van der Waals surface area contributed by atoms with Crippen molar-refractivity contribution in [1.82, 2.24) is 14.8 Å². The Morgan fingerprint density at radius 2 is 2.00 bits per heavy atom. The van der Waals surface area contributed by atoms with Crippen LogP contribution in [0.4, 0.5) is 5.69 Å². The molecule has 4 rings (SSSR count). The predicted octanol–water partition coefficient (Wildman–Crippen LogP) is 4.36. The smallest absolute Gasteiger partial charge is 0.234 e. The Kier molecular flexibility index (Phi) is 6.25. The van der Waals surface area contributed by atoms with Crippen LogP contribution in [-0.2, 0) is 11.3 Å². The molecule has 1 N–H and O–H groups in total. The maximum absolute atomic E-state index is 12.3. The Hall–Kier alpha value is -2.97. The summed E-state index contributed by atoms with van der Waals surface area (Å²) in [6, 6.07) is 14.6. The first kappa shape index (κ1) is 20.3. The molecule has 1 aromatic heterocycles. The molecule has 7 nitrogen and oxygen atoms in total. The van der Waals surface area contributed by atoms with Gasteiger partial charge >= 0.3 is 0 Å². The molecular weight excluding hydrogens is 424 g/mol. The molecule has 1 atom stereocenters. The number of carbonyl (C=O) groups excluding carboxylic acids is 1.